The molecular formula is C17H14ClN3O3. The van der Waals surface area contributed by atoms with Crippen LogP contribution in [0.1, 0.15) is 32.7 Å². The van der Waals surface area contributed by atoms with Crippen LogP contribution in [0.4, 0.5) is 5.82 Å². The highest BCUT2D eigenvalue weighted by Crippen LogP contribution is 2.24. The van der Waals surface area contributed by atoms with E-state index in [4.69, 9.17) is 11.6 Å². The monoisotopic (exact) mass is 343 g/mol. The van der Waals surface area contributed by atoms with Gasteiger partial charge in [0.2, 0.25) is 5.91 Å². The maximum absolute atomic E-state index is 12.3. The average Bonchev–Trinajstić information content (AvgIpc) is 2.78. The number of halogens is 1. The van der Waals surface area contributed by atoms with Gasteiger partial charge in [0.1, 0.15) is 5.82 Å². The third-order valence-electron chi connectivity index (χ3n) is 3.68. The van der Waals surface area contributed by atoms with Crippen molar-refractivity contribution in [2.45, 2.75) is 13.3 Å². The highest BCUT2D eigenvalue weighted by molar-refractivity contribution is 6.30. The summed E-state index contributed by atoms with van der Waals surface area (Å²) in [4.78, 5) is 41.6. The van der Waals surface area contributed by atoms with Crippen molar-refractivity contribution in [1.82, 2.24) is 9.88 Å². The lowest BCUT2D eigenvalue weighted by molar-refractivity contribution is -0.116. The molecule has 0 aliphatic carbocycles. The van der Waals surface area contributed by atoms with Crippen LogP contribution in [0.25, 0.3) is 0 Å². The van der Waals surface area contributed by atoms with Crippen molar-refractivity contribution in [2.75, 3.05) is 11.9 Å². The molecule has 0 bridgehead atoms. The lowest BCUT2D eigenvalue weighted by atomic mass is 10.1. The smallest absolute Gasteiger partial charge is 0.261 e. The lowest BCUT2D eigenvalue weighted by Crippen LogP contribution is -2.32. The molecule has 0 saturated heterocycles. The van der Waals surface area contributed by atoms with Crippen LogP contribution in [0.2, 0.25) is 5.02 Å². The van der Waals surface area contributed by atoms with E-state index in [9.17, 15) is 14.4 Å². The predicted octanol–water partition coefficient (Wildman–Crippen LogP) is 2.67. The first kappa shape index (κ1) is 16.1. The van der Waals surface area contributed by atoms with E-state index in [1.165, 1.54) is 6.20 Å². The first-order valence-electron chi connectivity index (χ1n) is 7.34. The molecule has 0 atom stereocenters. The molecule has 3 rings (SSSR count). The number of aromatic nitrogens is 1. The Labute approximate surface area is 143 Å². The Bertz CT molecular complexity index is 833. The third-order valence-corrected chi connectivity index (χ3v) is 3.91. The molecule has 122 valence electrons. The standard InChI is InChI=1S/C17H14ClN3O3/c1-10-2-4-12-13(8-10)17(24)21(16(12)23)7-6-15(22)20-14-5-3-11(18)9-19-14/h2-5,8-9H,6-7H2,1H3,(H,19,20,22). The number of pyridine rings is 1. The summed E-state index contributed by atoms with van der Waals surface area (Å²) in [6.07, 6.45) is 1.42. The number of carbonyl (C=O) groups is 3. The van der Waals surface area contributed by atoms with Crippen molar-refractivity contribution in [2.24, 2.45) is 0 Å². The number of fused-ring (bicyclic) bond motifs is 1. The van der Waals surface area contributed by atoms with Gasteiger partial charge >= 0.3 is 0 Å². The Morgan fingerprint density at radius 2 is 1.92 bits per heavy atom. The van der Waals surface area contributed by atoms with Crippen LogP contribution in [0.15, 0.2) is 36.5 Å². The van der Waals surface area contributed by atoms with Crippen molar-refractivity contribution >= 4 is 35.1 Å². The minimum atomic E-state index is -0.368. The molecular weight excluding hydrogens is 330 g/mol. The summed E-state index contributed by atoms with van der Waals surface area (Å²) in [5, 5.41) is 3.06. The van der Waals surface area contributed by atoms with Gasteiger partial charge < -0.3 is 5.32 Å². The summed E-state index contributed by atoms with van der Waals surface area (Å²) >= 11 is 5.73. The molecule has 1 aliphatic rings. The molecule has 2 aromatic rings. The average molecular weight is 344 g/mol. The van der Waals surface area contributed by atoms with Crippen molar-refractivity contribution in [1.29, 1.82) is 0 Å². The Morgan fingerprint density at radius 1 is 1.17 bits per heavy atom. The molecule has 1 N–H and O–H groups in total. The number of benzene rings is 1. The molecule has 1 aromatic carbocycles. The number of imide groups is 1. The van der Waals surface area contributed by atoms with E-state index in [1.807, 2.05) is 6.92 Å². The van der Waals surface area contributed by atoms with Gasteiger partial charge in [-0.1, -0.05) is 23.2 Å². The number of rotatable bonds is 4. The normalized spacial score (nSPS) is 13.2. The van der Waals surface area contributed by atoms with E-state index in [0.717, 1.165) is 10.5 Å². The van der Waals surface area contributed by atoms with Gasteiger partial charge in [-0.3, -0.25) is 19.3 Å². The number of nitrogens with one attached hydrogen (secondary N) is 1. The number of aryl methyl sites for hydroxylation is 1. The molecule has 1 aromatic heterocycles. The number of carbonyl (C=O) groups excluding carboxylic acids is 3. The van der Waals surface area contributed by atoms with Crippen molar-refractivity contribution < 1.29 is 14.4 Å². The fourth-order valence-electron chi connectivity index (χ4n) is 2.48. The fourth-order valence-corrected chi connectivity index (χ4v) is 2.59. The maximum Gasteiger partial charge on any atom is 0.261 e. The van der Waals surface area contributed by atoms with Gasteiger partial charge in [0.25, 0.3) is 11.8 Å². The van der Waals surface area contributed by atoms with Gasteiger partial charge in [-0.25, -0.2) is 4.98 Å². The van der Waals surface area contributed by atoms with Gasteiger partial charge in [-0.2, -0.15) is 0 Å². The Hall–Kier alpha value is -2.73. The van der Waals surface area contributed by atoms with Crippen LogP contribution in [-0.2, 0) is 4.79 Å². The lowest BCUT2D eigenvalue weighted by Gasteiger charge is -2.13. The van der Waals surface area contributed by atoms with E-state index >= 15 is 0 Å². The van der Waals surface area contributed by atoms with E-state index in [1.54, 1.807) is 30.3 Å². The van der Waals surface area contributed by atoms with Gasteiger partial charge in [0.15, 0.2) is 0 Å². The third kappa shape index (κ3) is 3.14. The highest BCUT2D eigenvalue weighted by atomic mass is 35.5. The van der Waals surface area contributed by atoms with Crippen LogP contribution in [0.3, 0.4) is 0 Å². The molecule has 7 heteroatoms. The summed E-state index contributed by atoms with van der Waals surface area (Å²) in [5.41, 5.74) is 1.67. The highest BCUT2D eigenvalue weighted by Gasteiger charge is 2.35. The summed E-state index contributed by atoms with van der Waals surface area (Å²) in [5.74, 6) is -0.705. The molecule has 1 aliphatic heterocycles. The number of nitrogens with zero attached hydrogens (tertiary/aromatic N) is 2. The van der Waals surface area contributed by atoms with Gasteiger partial charge in [-0.15, -0.1) is 0 Å². The van der Waals surface area contributed by atoms with E-state index in [-0.39, 0.29) is 30.7 Å². The molecule has 0 saturated carbocycles. The number of hydrogen-bond acceptors (Lipinski definition) is 4. The van der Waals surface area contributed by atoms with Crippen LogP contribution in [-0.4, -0.2) is 34.2 Å². The summed E-state index contributed by atoms with van der Waals surface area (Å²) in [7, 11) is 0. The zero-order chi connectivity index (χ0) is 17.3. The van der Waals surface area contributed by atoms with Gasteiger partial charge in [-0.05, 0) is 31.2 Å². The van der Waals surface area contributed by atoms with Crippen molar-refractivity contribution in [3.05, 3.63) is 58.2 Å². The van der Waals surface area contributed by atoms with Crippen LogP contribution in [0, 0.1) is 6.92 Å². The fraction of sp³-hybridized carbons (Fsp3) is 0.176. The molecule has 2 heterocycles. The predicted molar refractivity (Wildman–Crippen MR) is 89.0 cm³/mol. The van der Waals surface area contributed by atoms with Crippen LogP contribution < -0.4 is 5.32 Å². The number of anilines is 1. The zero-order valence-corrected chi connectivity index (χ0v) is 13.6. The summed E-state index contributed by atoms with van der Waals surface area (Å²) < 4.78 is 0. The first-order valence-corrected chi connectivity index (χ1v) is 7.72. The Kier molecular flexibility index (Phi) is 4.31. The molecule has 0 fully saturated rings. The Morgan fingerprint density at radius 3 is 2.62 bits per heavy atom. The van der Waals surface area contributed by atoms with Crippen LogP contribution in [0.5, 0.6) is 0 Å². The topological polar surface area (TPSA) is 79.4 Å². The largest absolute Gasteiger partial charge is 0.311 e. The summed E-state index contributed by atoms with van der Waals surface area (Å²) in [6, 6.07) is 8.30. The van der Waals surface area contributed by atoms with Gasteiger partial charge in [0.05, 0.1) is 16.1 Å². The molecule has 6 nitrogen and oxygen atoms in total. The first-order chi connectivity index (χ1) is 11.5. The minimum absolute atomic E-state index is 0.00520. The Balaban J connectivity index is 1.63. The molecule has 24 heavy (non-hydrogen) atoms. The molecule has 0 unspecified atom stereocenters. The number of amides is 3. The second-order valence-electron chi connectivity index (χ2n) is 5.47. The van der Waals surface area contributed by atoms with Gasteiger partial charge in [0, 0.05) is 19.2 Å². The van der Waals surface area contributed by atoms with Crippen molar-refractivity contribution in [3.8, 4) is 0 Å². The zero-order valence-electron chi connectivity index (χ0n) is 12.9. The second kappa shape index (κ2) is 6.41. The summed E-state index contributed by atoms with van der Waals surface area (Å²) in [6.45, 7) is 1.87. The number of hydrogen-bond donors (Lipinski definition) is 1. The SMILES string of the molecule is Cc1ccc2c(c1)C(=O)N(CCC(=O)Nc1ccc(Cl)cn1)C2=O. The minimum Gasteiger partial charge on any atom is -0.311 e. The molecule has 0 spiro atoms. The van der Waals surface area contributed by atoms with Crippen molar-refractivity contribution in [3.63, 3.8) is 0 Å². The maximum atomic E-state index is 12.3. The van der Waals surface area contributed by atoms with E-state index in [0.29, 0.717) is 22.0 Å². The van der Waals surface area contributed by atoms with E-state index in [2.05, 4.69) is 10.3 Å². The quantitative estimate of drug-likeness (QED) is 0.865. The molecule has 3 amide bonds. The second-order valence-corrected chi connectivity index (χ2v) is 5.91. The molecule has 0 radical (unpaired) electrons. The van der Waals surface area contributed by atoms with Crippen LogP contribution >= 0.6 is 11.6 Å². The van der Waals surface area contributed by atoms with E-state index < -0.39 is 0 Å².